The number of benzene rings is 1. The van der Waals surface area contributed by atoms with Crippen molar-refractivity contribution in [2.75, 3.05) is 32.5 Å². The second-order valence-electron chi connectivity index (χ2n) is 5.55. The summed E-state index contributed by atoms with van der Waals surface area (Å²) in [4.78, 5) is 13.6. The summed E-state index contributed by atoms with van der Waals surface area (Å²) in [6.07, 6.45) is 0.723. The number of likely N-dealkylation sites (tertiary alicyclic amines) is 1. The number of carbonyl (C=O) groups excluding carboxylic acids is 1. The first kappa shape index (κ1) is 16.9. The van der Waals surface area contributed by atoms with E-state index >= 15 is 0 Å². The SMILES string of the molecule is CNS(=O)(=O)CC(=O)N1CC[C@@H](c2ccccc2)[C@@H](CO)C1. The second-order valence-corrected chi connectivity index (χ2v) is 7.48. The lowest BCUT2D eigenvalue weighted by atomic mass is 9.81. The molecule has 1 aliphatic rings. The quantitative estimate of drug-likeness (QED) is 0.807. The highest BCUT2D eigenvalue weighted by Crippen LogP contribution is 2.32. The van der Waals surface area contributed by atoms with E-state index in [1.807, 2.05) is 30.3 Å². The van der Waals surface area contributed by atoms with Crippen molar-refractivity contribution >= 4 is 15.9 Å². The lowest BCUT2D eigenvalue weighted by molar-refractivity contribution is -0.130. The predicted octanol–water partition coefficient (Wildman–Crippen LogP) is 0.160. The molecule has 7 heteroatoms. The molecule has 1 amide bonds. The molecule has 1 heterocycles. The van der Waals surface area contributed by atoms with Gasteiger partial charge >= 0.3 is 0 Å². The maximum Gasteiger partial charge on any atom is 0.239 e. The van der Waals surface area contributed by atoms with Crippen LogP contribution in [0.4, 0.5) is 0 Å². The van der Waals surface area contributed by atoms with Gasteiger partial charge in [-0.1, -0.05) is 30.3 Å². The van der Waals surface area contributed by atoms with Gasteiger partial charge in [0, 0.05) is 25.6 Å². The van der Waals surface area contributed by atoms with Crippen molar-refractivity contribution in [1.82, 2.24) is 9.62 Å². The zero-order chi connectivity index (χ0) is 16.2. The van der Waals surface area contributed by atoms with Crippen LogP contribution < -0.4 is 4.72 Å². The Balaban J connectivity index is 2.05. The van der Waals surface area contributed by atoms with Crippen LogP contribution in [0.2, 0.25) is 0 Å². The molecule has 1 aromatic rings. The Labute approximate surface area is 131 Å². The average molecular weight is 326 g/mol. The van der Waals surface area contributed by atoms with E-state index in [2.05, 4.69) is 4.72 Å². The third kappa shape index (κ3) is 4.06. The number of aliphatic hydroxyl groups is 1. The predicted molar refractivity (Wildman–Crippen MR) is 83.8 cm³/mol. The van der Waals surface area contributed by atoms with E-state index in [1.165, 1.54) is 11.9 Å². The summed E-state index contributed by atoms with van der Waals surface area (Å²) in [6, 6.07) is 9.91. The summed E-state index contributed by atoms with van der Waals surface area (Å²) in [5.74, 6) is -0.842. The van der Waals surface area contributed by atoms with Crippen LogP contribution in [0, 0.1) is 5.92 Å². The minimum atomic E-state index is -3.56. The first-order valence-corrected chi connectivity index (χ1v) is 8.97. The monoisotopic (exact) mass is 326 g/mol. The van der Waals surface area contributed by atoms with Gasteiger partial charge in [0.05, 0.1) is 0 Å². The van der Waals surface area contributed by atoms with E-state index in [9.17, 15) is 18.3 Å². The smallest absolute Gasteiger partial charge is 0.239 e. The van der Waals surface area contributed by atoms with Gasteiger partial charge in [0.25, 0.3) is 0 Å². The molecule has 0 spiro atoms. The van der Waals surface area contributed by atoms with Gasteiger partial charge in [-0.15, -0.1) is 0 Å². The fourth-order valence-electron chi connectivity index (χ4n) is 2.91. The van der Waals surface area contributed by atoms with Gasteiger partial charge in [0.2, 0.25) is 15.9 Å². The van der Waals surface area contributed by atoms with Crippen LogP contribution in [-0.4, -0.2) is 56.8 Å². The van der Waals surface area contributed by atoms with Crippen LogP contribution >= 0.6 is 0 Å². The molecule has 2 rings (SSSR count). The zero-order valence-electron chi connectivity index (χ0n) is 12.6. The summed E-state index contributed by atoms with van der Waals surface area (Å²) in [5, 5.41) is 9.63. The van der Waals surface area contributed by atoms with Gasteiger partial charge < -0.3 is 10.0 Å². The highest BCUT2D eigenvalue weighted by molar-refractivity contribution is 7.90. The molecule has 0 radical (unpaired) electrons. The van der Waals surface area contributed by atoms with Gasteiger partial charge in [0.1, 0.15) is 5.75 Å². The molecule has 0 saturated carbocycles. The Bertz CT molecular complexity index is 603. The number of aliphatic hydroxyl groups excluding tert-OH is 1. The standard InChI is InChI=1S/C15H22N2O4S/c1-16-22(20,21)11-15(19)17-8-7-14(13(9-17)10-18)12-5-3-2-4-6-12/h2-6,13-14,16,18H,7-11H2,1H3/t13-,14+/m1/s1. The van der Waals surface area contributed by atoms with Gasteiger partial charge in [-0.2, -0.15) is 0 Å². The first-order valence-electron chi connectivity index (χ1n) is 7.31. The van der Waals surface area contributed by atoms with Gasteiger partial charge in [-0.05, 0) is 24.9 Å². The Hall–Kier alpha value is -1.44. The number of nitrogens with zero attached hydrogens (tertiary/aromatic N) is 1. The maximum atomic E-state index is 12.1. The number of rotatable bonds is 5. The lowest BCUT2D eigenvalue weighted by Gasteiger charge is -2.38. The largest absolute Gasteiger partial charge is 0.396 e. The molecule has 122 valence electrons. The molecule has 1 aromatic carbocycles. The molecule has 2 N–H and O–H groups in total. The molecular formula is C15H22N2O4S. The molecule has 1 fully saturated rings. The maximum absolute atomic E-state index is 12.1. The van der Waals surface area contributed by atoms with E-state index in [1.54, 1.807) is 0 Å². The Morgan fingerprint density at radius 3 is 2.64 bits per heavy atom. The van der Waals surface area contributed by atoms with Crippen molar-refractivity contribution < 1.29 is 18.3 Å². The second kappa shape index (κ2) is 7.21. The van der Waals surface area contributed by atoms with Crippen molar-refractivity contribution in [3.63, 3.8) is 0 Å². The topological polar surface area (TPSA) is 86.7 Å². The number of amides is 1. The summed E-state index contributed by atoms with van der Waals surface area (Å²) in [5.41, 5.74) is 1.15. The third-order valence-corrected chi connectivity index (χ3v) is 5.42. The number of hydrogen-bond acceptors (Lipinski definition) is 4. The summed E-state index contributed by atoms with van der Waals surface area (Å²) >= 11 is 0. The van der Waals surface area contributed by atoms with E-state index < -0.39 is 21.7 Å². The Kier molecular flexibility index (Phi) is 5.55. The van der Waals surface area contributed by atoms with Gasteiger partial charge in [-0.25, -0.2) is 13.1 Å². The van der Waals surface area contributed by atoms with Crippen molar-refractivity contribution in [3.8, 4) is 0 Å². The zero-order valence-corrected chi connectivity index (χ0v) is 13.4. The molecular weight excluding hydrogens is 304 g/mol. The number of sulfonamides is 1. The summed E-state index contributed by atoms with van der Waals surface area (Å²) < 4.78 is 25.1. The molecule has 22 heavy (non-hydrogen) atoms. The number of hydrogen-bond donors (Lipinski definition) is 2. The van der Waals surface area contributed by atoms with E-state index in [0.29, 0.717) is 13.1 Å². The fraction of sp³-hybridized carbons (Fsp3) is 0.533. The van der Waals surface area contributed by atoms with Crippen LogP contribution in [0.5, 0.6) is 0 Å². The first-order chi connectivity index (χ1) is 10.5. The van der Waals surface area contributed by atoms with E-state index in [4.69, 9.17) is 0 Å². The normalized spacial score (nSPS) is 22.5. The molecule has 1 aliphatic heterocycles. The molecule has 0 aliphatic carbocycles. The fourth-order valence-corrected chi connectivity index (χ4v) is 3.56. The lowest BCUT2D eigenvalue weighted by Crippen LogP contribution is -2.47. The van der Waals surface area contributed by atoms with Crippen LogP contribution in [-0.2, 0) is 14.8 Å². The number of carbonyl (C=O) groups is 1. The number of piperidine rings is 1. The molecule has 0 aromatic heterocycles. The summed E-state index contributed by atoms with van der Waals surface area (Å²) in [6.45, 7) is 0.865. The molecule has 0 unspecified atom stereocenters. The Morgan fingerprint density at radius 1 is 1.36 bits per heavy atom. The van der Waals surface area contributed by atoms with Crippen LogP contribution in [0.3, 0.4) is 0 Å². The molecule has 2 atom stereocenters. The van der Waals surface area contributed by atoms with Crippen molar-refractivity contribution in [3.05, 3.63) is 35.9 Å². The van der Waals surface area contributed by atoms with Crippen molar-refractivity contribution in [1.29, 1.82) is 0 Å². The highest BCUT2D eigenvalue weighted by atomic mass is 32.2. The average Bonchev–Trinajstić information content (AvgIpc) is 2.54. The minimum absolute atomic E-state index is 0.0257. The molecule has 6 nitrogen and oxygen atoms in total. The summed E-state index contributed by atoms with van der Waals surface area (Å²) in [7, 11) is -2.27. The van der Waals surface area contributed by atoms with Crippen molar-refractivity contribution in [2.45, 2.75) is 12.3 Å². The molecule has 1 saturated heterocycles. The Morgan fingerprint density at radius 2 is 2.05 bits per heavy atom. The van der Waals surface area contributed by atoms with Crippen LogP contribution in [0.15, 0.2) is 30.3 Å². The third-order valence-electron chi connectivity index (χ3n) is 4.17. The van der Waals surface area contributed by atoms with Crippen LogP contribution in [0.25, 0.3) is 0 Å². The van der Waals surface area contributed by atoms with Gasteiger partial charge in [0.15, 0.2) is 0 Å². The number of nitrogens with one attached hydrogen (secondary N) is 1. The van der Waals surface area contributed by atoms with E-state index in [0.717, 1.165) is 12.0 Å². The highest BCUT2D eigenvalue weighted by Gasteiger charge is 2.33. The van der Waals surface area contributed by atoms with Gasteiger partial charge in [-0.3, -0.25) is 4.79 Å². The van der Waals surface area contributed by atoms with E-state index in [-0.39, 0.29) is 18.4 Å². The van der Waals surface area contributed by atoms with Crippen molar-refractivity contribution in [2.24, 2.45) is 5.92 Å². The minimum Gasteiger partial charge on any atom is -0.396 e. The van der Waals surface area contributed by atoms with Crippen LogP contribution in [0.1, 0.15) is 17.9 Å². The molecule has 0 bridgehead atoms.